The Morgan fingerprint density at radius 2 is 1.18 bits per heavy atom. The maximum Gasteiger partial charge on any atom is 0.357 e. The SMILES string of the molecule is O=C1ON2CCCC[C@@H]2[C@H]2CCCCN2OC(=O)[C@H](O)[C@H]1O. The second-order valence-corrected chi connectivity index (χ2v) is 6.12. The first-order valence-corrected chi connectivity index (χ1v) is 7.91. The highest BCUT2D eigenvalue weighted by Gasteiger charge is 2.44. The number of hydrogen-bond donors (Lipinski definition) is 2. The summed E-state index contributed by atoms with van der Waals surface area (Å²) in [5.41, 5.74) is 0. The fourth-order valence-electron chi connectivity index (χ4n) is 3.45. The summed E-state index contributed by atoms with van der Waals surface area (Å²) >= 11 is 0. The zero-order valence-corrected chi connectivity index (χ0v) is 12.4. The van der Waals surface area contributed by atoms with E-state index in [2.05, 4.69) is 0 Å². The molecule has 0 aromatic carbocycles. The van der Waals surface area contributed by atoms with Crippen molar-refractivity contribution < 1.29 is 29.5 Å². The number of nitrogens with zero attached hydrogens (tertiary/aromatic N) is 2. The normalized spacial score (nSPS) is 38.5. The fraction of sp³-hybridized carbons (Fsp3) is 0.857. The number of hydroxylamine groups is 4. The van der Waals surface area contributed by atoms with E-state index in [1.54, 1.807) is 10.1 Å². The van der Waals surface area contributed by atoms with Gasteiger partial charge in [0.1, 0.15) is 0 Å². The molecule has 124 valence electrons. The molecule has 3 heterocycles. The van der Waals surface area contributed by atoms with Gasteiger partial charge in [0.15, 0.2) is 12.2 Å². The number of hydrogen-bond acceptors (Lipinski definition) is 8. The quantitative estimate of drug-likeness (QED) is 0.608. The third-order valence-corrected chi connectivity index (χ3v) is 4.64. The zero-order valence-electron chi connectivity index (χ0n) is 12.4. The molecule has 0 bridgehead atoms. The molecular weight excluding hydrogens is 292 g/mol. The van der Waals surface area contributed by atoms with Crippen molar-refractivity contribution in [1.29, 1.82) is 0 Å². The lowest BCUT2D eigenvalue weighted by molar-refractivity contribution is -0.267. The van der Waals surface area contributed by atoms with Crippen molar-refractivity contribution in [2.45, 2.75) is 62.8 Å². The summed E-state index contributed by atoms with van der Waals surface area (Å²) in [6.45, 7) is 1.16. The minimum absolute atomic E-state index is 0.0618. The van der Waals surface area contributed by atoms with Gasteiger partial charge in [0.05, 0.1) is 12.1 Å². The molecule has 4 atom stereocenters. The number of aliphatic hydroxyl groups excluding tert-OH is 2. The molecule has 3 aliphatic rings. The van der Waals surface area contributed by atoms with E-state index in [9.17, 15) is 19.8 Å². The Balaban J connectivity index is 1.88. The van der Waals surface area contributed by atoms with Crippen molar-refractivity contribution in [1.82, 2.24) is 10.1 Å². The van der Waals surface area contributed by atoms with Crippen molar-refractivity contribution in [2.24, 2.45) is 0 Å². The molecule has 8 heteroatoms. The molecule has 22 heavy (non-hydrogen) atoms. The van der Waals surface area contributed by atoms with Crippen molar-refractivity contribution in [3.05, 3.63) is 0 Å². The lowest BCUT2D eigenvalue weighted by atomic mass is 9.91. The Labute approximate surface area is 128 Å². The highest BCUT2D eigenvalue weighted by Crippen LogP contribution is 2.30. The van der Waals surface area contributed by atoms with Crippen LogP contribution in [0.3, 0.4) is 0 Å². The van der Waals surface area contributed by atoms with Gasteiger partial charge in [0.25, 0.3) is 0 Å². The van der Waals surface area contributed by atoms with Crippen LogP contribution in [-0.4, -0.2) is 69.7 Å². The Kier molecular flexibility index (Phi) is 4.62. The molecule has 0 saturated carbocycles. The van der Waals surface area contributed by atoms with Gasteiger partial charge in [-0.15, -0.1) is 10.1 Å². The van der Waals surface area contributed by atoms with Gasteiger partial charge in [-0.3, -0.25) is 0 Å². The van der Waals surface area contributed by atoms with Gasteiger partial charge >= 0.3 is 11.9 Å². The van der Waals surface area contributed by atoms with E-state index in [1.165, 1.54) is 0 Å². The monoisotopic (exact) mass is 314 g/mol. The fourth-order valence-corrected chi connectivity index (χ4v) is 3.45. The van der Waals surface area contributed by atoms with E-state index in [0.29, 0.717) is 13.1 Å². The number of carbonyl (C=O) groups excluding carboxylic acids is 2. The molecule has 3 aliphatic heterocycles. The molecule has 8 nitrogen and oxygen atoms in total. The predicted octanol–water partition coefficient (Wildman–Crippen LogP) is -0.653. The Morgan fingerprint density at radius 3 is 1.59 bits per heavy atom. The van der Waals surface area contributed by atoms with Gasteiger partial charge in [-0.1, -0.05) is 12.8 Å². The van der Waals surface area contributed by atoms with Crippen LogP contribution in [0.5, 0.6) is 0 Å². The van der Waals surface area contributed by atoms with Gasteiger partial charge < -0.3 is 19.9 Å². The summed E-state index contributed by atoms with van der Waals surface area (Å²) in [7, 11) is 0. The molecule has 0 aliphatic carbocycles. The number of carbonyl (C=O) groups is 2. The average molecular weight is 314 g/mol. The minimum Gasteiger partial charge on any atom is -0.379 e. The van der Waals surface area contributed by atoms with Gasteiger partial charge in [-0.05, 0) is 25.7 Å². The largest absolute Gasteiger partial charge is 0.379 e. The first-order chi connectivity index (χ1) is 10.6. The molecule has 3 rings (SSSR count). The number of piperidine rings is 2. The highest BCUT2D eigenvalue weighted by molar-refractivity contribution is 5.85. The molecule has 3 saturated heterocycles. The summed E-state index contributed by atoms with van der Waals surface area (Å²) < 4.78 is 0. The molecular formula is C14H22N2O6. The molecule has 2 N–H and O–H groups in total. The topological polar surface area (TPSA) is 99.5 Å². The van der Waals surface area contributed by atoms with Gasteiger partial charge in [0.2, 0.25) is 0 Å². The summed E-state index contributed by atoms with van der Waals surface area (Å²) in [6, 6.07) is -0.124. The van der Waals surface area contributed by atoms with Crippen molar-refractivity contribution in [3.63, 3.8) is 0 Å². The van der Waals surface area contributed by atoms with Crippen LogP contribution in [0.25, 0.3) is 0 Å². The predicted molar refractivity (Wildman–Crippen MR) is 72.9 cm³/mol. The second kappa shape index (κ2) is 6.49. The van der Waals surface area contributed by atoms with E-state index in [-0.39, 0.29) is 12.1 Å². The van der Waals surface area contributed by atoms with Crippen LogP contribution in [0.4, 0.5) is 0 Å². The molecule has 0 spiro atoms. The number of rotatable bonds is 0. The van der Waals surface area contributed by atoms with Crippen molar-refractivity contribution >= 4 is 11.9 Å². The smallest absolute Gasteiger partial charge is 0.357 e. The summed E-state index contributed by atoms with van der Waals surface area (Å²) in [6.07, 6.45) is 1.64. The van der Waals surface area contributed by atoms with Crippen molar-refractivity contribution in [3.8, 4) is 0 Å². The van der Waals surface area contributed by atoms with Gasteiger partial charge in [-0.25, -0.2) is 9.59 Å². The molecule has 0 unspecified atom stereocenters. The minimum atomic E-state index is -1.93. The van der Waals surface area contributed by atoms with E-state index >= 15 is 0 Å². The number of fused-ring (bicyclic) bond motifs is 3. The van der Waals surface area contributed by atoms with Crippen LogP contribution in [-0.2, 0) is 19.3 Å². The summed E-state index contributed by atoms with van der Waals surface area (Å²) in [4.78, 5) is 34.3. The number of aliphatic hydroxyl groups is 2. The molecule has 0 aromatic rings. The van der Waals surface area contributed by atoms with Crippen LogP contribution < -0.4 is 0 Å². The standard InChI is InChI=1S/C14H22N2O6/c17-11-12(18)14(20)22-16-8-4-2-6-10(16)9-5-1-3-7-15(9)21-13(11)19/h9-12,17-18H,1-8H2/t9-,10-,11-,12-/m1/s1. The van der Waals surface area contributed by atoms with Crippen LogP contribution >= 0.6 is 0 Å². The average Bonchev–Trinajstić information content (AvgIpc) is 2.54. The maximum atomic E-state index is 11.9. The van der Waals surface area contributed by atoms with Gasteiger partial charge in [-0.2, -0.15) is 0 Å². The third-order valence-electron chi connectivity index (χ3n) is 4.64. The Morgan fingerprint density at radius 1 is 0.773 bits per heavy atom. The molecule has 0 aromatic heterocycles. The maximum absolute atomic E-state index is 11.9. The van der Waals surface area contributed by atoms with E-state index in [4.69, 9.17) is 9.68 Å². The van der Waals surface area contributed by atoms with Crippen LogP contribution in [0.15, 0.2) is 0 Å². The molecule has 3 fully saturated rings. The van der Waals surface area contributed by atoms with Gasteiger partial charge in [0, 0.05) is 13.1 Å². The summed E-state index contributed by atoms with van der Waals surface area (Å²) in [5.74, 6) is -2.03. The van der Waals surface area contributed by atoms with Crippen molar-refractivity contribution in [2.75, 3.05) is 13.1 Å². The highest BCUT2D eigenvalue weighted by atomic mass is 16.7. The van der Waals surface area contributed by atoms with E-state index in [1.807, 2.05) is 0 Å². The molecule has 0 radical (unpaired) electrons. The Bertz CT molecular complexity index is 405. The van der Waals surface area contributed by atoms with E-state index < -0.39 is 24.1 Å². The lowest BCUT2D eigenvalue weighted by Gasteiger charge is -2.45. The lowest BCUT2D eigenvalue weighted by Crippen LogP contribution is -2.59. The first-order valence-electron chi connectivity index (χ1n) is 7.91. The zero-order chi connectivity index (χ0) is 15.7. The van der Waals surface area contributed by atoms with Crippen LogP contribution in [0.1, 0.15) is 38.5 Å². The Hall–Kier alpha value is -1.22. The first kappa shape index (κ1) is 15.7. The molecule has 0 amide bonds. The van der Waals surface area contributed by atoms with E-state index in [0.717, 1.165) is 38.5 Å². The summed E-state index contributed by atoms with van der Waals surface area (Å²) in [5, 5.41) is 22.7. The second-order valence-electron chi connectivity index (χ2n) is 6.12. The third kappa shape index (κ3) is 2.96. The van der Waals surface area contributed by atoms with Crippen LogP contribution in [0.2, 0.25) is 0 Å². The van der Waals surface area contributed by atoms with Crippen LogP contribution in [0, 0.1) is 0 Å².